The molecule has 0 heterocycles. The van der Waals surface area contributed by atoms with Crippen molar-refractivity contribution in [2.45, 2.75) is 6.92 Å². The lowest BCUT2D eigenvalue weighted by molar-refractivity contribution is 0.598. The molecule has 0 aromatic heterocycles. The first-order valence-corrected chi connectivity index (χ1v) is 5.40. The summed E-state index contributed by atoms with van der Waals surface area (Å²) in [6, 6.07) is 0. The van der Waals surface area contributed by atoms with Crippen molar-refractivity contribution in [3.05, 3.63) is 11.1 Å². The van der Waals surface area contributed by atoms with Crippen LogP contribution in [0.5, 0.6) is 0 Å². The van der Waals surface area contributed by atoms with Crippen LogP contribution in [0.4, 0.5) is 0 Å². The van der Waals surface area contributed by atoms with Crippen molar-refractivity contribution in [1.29, 1.82) is 0 Å². The highest BCUT2D eigenvalue weighted by Crippen LogP contribution is 1.99. The van der Waals surface area contributed by atoms with Crippen LogP contribution in [-0.4, -0.2) is 26.5 Å². The third-order valence-corrected chi connectivity index (χ3v) is 2.73. The van der Waals surface area contributed by atoms with Crippen molar-refractivity contribution < 1.29 is 8.42 Å². The second-order valence-electron chi connectivity index (χ2n) is 2.19. The molecular weight excluding hydrogens is 186 g/mol. The molecule has 0 spiro atoms. The quantitative estimate of drug-likeness (QED) is 0.714. The molecule has 2 N–H and O–H groups in total. The summed E-state index contributed by atoms with van der Waals surface area (Å²) in [5, 5.41) is 0.491. The van der Waals surface area contributed by atoms with E-state index in [-0.39, 0.29) is 18.1 Å². The van der Waals surface area contributed by atoms with E-state index >= 15 is 0 Å². The predicted molar refractivity (Wildman–Crippen MR) is 47.3 cm³/mol. The number of hydrogen-bond acceptors (Lipinski definition) is 3. The lowest BCUT2D eigenvalue weighted by Gasteiger charge is -1.96. The van der Waals surface area contributed by atoms with Gasteiger partial charge in [0.05, 0.1) is 11.5 Å². The highest BCUT2D eigenvalue weighted by atomic mass is 35.5. The molecule has 0 aromatic rings. The highest BCUT2D eigenvalue weighted by Gasteiger charge is 2.06. The van der Waals surface area contributed by atoms with Gasteiger partial charge in [0.15, 0.2) is 9.84 Å². The van der Waals surface area contributed by atoms with Crippen molar-refractivity contribution in [2.24, 2.45) is 5.73 Å². The van der Waals surface area contributed by atoms with Crippen molar-refractivity contribution in [3.8, 4) is 0 Å². The van der Waals surface area contributed by atoms with Gasteiger partial charge >= 0.3 is 0 Å². The Morgan fingerprint density at radius 3 is 2.55 bits per heavy atom. The van der Waals surface area contributed by atoms with E-state index in [1.54, 1.807) is 6.92 Å². The molecule has 0 aromatic carbocycles. The maximum atomic E-state index is 11.0. The molecule has 66 valence electrons. The molecule has 0 saturated carbocycles. The maximum absolute atomic E-state index is 11.0. The van der Waals surface area contributed by atoms with E-state index in [9.17, 15) is 8.42 Å². The largest absolute Gasteiger partial charge is 0.329 e. The van der Waals surface area contributed by atoms with Crippen LogP contribution in [0.3, 0.4) is 0 Å². The van der Waals surface area contributed by atoms with E-state index in [0.29, 0.717) is 5.03 Å². The third-order valence-electron chi connectivity index (χ3n) is 1.05. The van der Waals surface area contributed by atoms with Gasteiger partial charge in [0, 0.05) is 11.6 Å². The van der Waals surface area contributed by atoms with Gasteiger partial charge in [-0.3, -0.25) is 0 Å². The smallest absolute Gasteiger partial charge is 0.155 e. The number of allylic oxidation sites excluding steroid dienone is 1. The zero-order valence-corrected chi connectivity index (χ0v) is 7.95. The molecule has 0 aliphatic rings. The summed E-state index contributed by atoms with van der Waals surface area (Å²) in [4.78, 5) is 0. The minimum Gasteiger partial charge on any atom is -0.329 e. The highest BCUT2D eigenvalue weighted by molar-refractivity contribution is 7.91. The molecule has 0 aliphatic carbocycles. The number of halogens is 1. The Morgan fingerprint density at radius 2 is 2.18 bits per heavy atom. The van der Waals surface area contributed by atoms with E-state index in [2.05, 4.69) is 0 Å². The van der Waals surface area contributed by atoms with E-state index in [1.807, 2.05) is 0 Å². The van der Waals surface area contributed by atoms with Crippen molar-refractivity contribution in [1.82, 2.24) is 0 Å². The Balaban J connectivity index is 4.05. The fourth-order valence-electron chi connectivity index (χ4n) is 0.505. The molecule has 0 amide bonds. The van der Waals surface area contributed by atoms with Crippen LogP contribution in [0.1, 0.15) is 6.92 Å². The Bertz CT molecular complexity index is 229. The maximum Gasteiger partial charge on any atom is 0.155 e. The second kappa shape index (κ2) is 4.74. The molecule has 0 saturated heterocycles. The first kappa shape index (κ1) is 10.9. The molecule has 11 heavy (non-hydrogen) atoms. The zero-order valence-electron chi connectivity index (χ0n) is 6.38. The minimum atomic E-state index is -3.01. The fourth-order valence-corrected chi connectivity index (χ4v) is 1.70. The van der Waals surface area contributed by atoms with Gasteiger partial charge < -0.3 is 5.73 Å². The number of nitrogens with two attached hydrogens (primary N) is 1. The molecular formula is C6H12ClNO2S. The number of rotatable bonds is 4. The van der Waals surface area contributed by atoms with Gasteiger partial charge in [-0.05, 0) is 6.92 Å². The van der Waals surface area contributed by atoms with E-state index in [0.717, 1.165) is 0 Å². The van der Waals surface area contributed by atoms with Gasteiger partial charge in [-0.15, -0.1) is 0 Å². The minimum absolute atomic E-state index is 0.0144. The predicted octanol–water partition coefficient (Wildman–Crippen LogP) is 0.503. The summed E-state index contributed by atoms with van der Waals surface area (Å²) in [6.45, 7) is 1.80. The SMILES string of the molecule is CC(Cl)=CCS(=O)(=O)CCN. The van der Waals surface area contributed by atoms with Gasteiger partial charge in [-0.25, -0.2) is 8.42 Å². The molecule has 0 radical (unpaired) electrons. The number of hydrogen-bond donors (Lipinski definition) is 1. The summed E-state index contributed by atoms with van der Waals surface area (Å²) in [7, 11) is -3.01. The summed E-state index contributed by atoms with van der Waals surface area (Å²) in [6.07, 6.45) is 1.46. The summed E-state index contributed by atoms with van der Waals surface area (Å²) < 4.78 is 21.9. The van der Waals surface area contributed by atoms with Crippen LogP contribution in [-0.2, 0) is 9.84 Å². The van der Waals surface area contributed by atoms with E-state index in [1.165, 1.54) is 6.08 Å². The van der Waals surface area contributed by atoms with Gasteiger partial charge in [-0.1, -0.05) is 17.7 Å². The van der Waals surface area contributed by atoms with Gasteiger partial charge in [0.2, 0.25) is 0 Å². The standard InChI is InChI=1S/C6H12ClNO2S/c1-6(7)2-4-11(9,10)5-3-8/h2H,3-5,8H2,1H3. The summed E-state index contributed by atoms with van der Waals surface area (Å²) >= 11 is 5.45. The first-order valence-electron chi connectivity index (χ1n) is 3.20. The van der Waals surface area contributed by atoms with Crippen LogP contribution in [0, 0.1) is 0 Å². The van der Waals surface area contributed by atoms with Gasteiger partial charge in [0.25, 0.3) is 0 Å². The lowest BCUT2D eigenvalue weighted by Crippen LogP contribution is -2.17. The Hall–Kier alpha value is -0.0600. The Morgan fingerprint density at radius 1 is 1.64 bits per heavy atom. The molecule has 3 nitrogen and oxygen atoms in total. The van der Waals surface area contributed by atoms with Crippen molar-refractivity contribution in [2.75, 3.05) is 18.1 Å². The van der Waals surface area contributed by atoms with E-state index < -0.39 is 9.84 Å². The van der Waals surface area contributed by atoms with Gasteiger partial charge in [-0.2, -0.15) is 0 Å². The van der Waals surface area contributed by atoms with Crippen LogP contribution in [0.25, 0.3) is 0 Å². The Kier molecular flexibility index (Phi) is 4.72. The van der Waals surface area contributed by atoms with Crippen LogP contribution in [0.2, 0.25) is 0 Å². The van der Waals surface area contributed by atoms with Crippen molar-refractivity contribution >= 4 is 21.4 Å². The van der Waals surface area contributed by atoms with Crippen LogP contribution in [0.15, 0.2) is 11.1 Å². The molecule has 5 heteroatoms. The third kappa shape index (κ3) is 6.34. The zero-order chi connectivity index (χ0) is 8.91. The van der Waals surface area contributed by atoms with Gasteiger partial charge in [0.1, 0.15) is 0 Å². The van der Waals surface area contributed by atoms with Crippen LogP contribution >= 0.6 is 11.6 Å². The molecule has 0 fully saturated rings. The number of sulfone groups is 1. The average molecular weight is 198 g/mol. The summed E-state index contributed by atoms with van der Waals surface area (Å²) in [5.41, 5.74) is 5.09. The molecule has 0 unspecified atom stereocenters. The van der Waals surface area contributed by atoms with E-state index in [4.69, 9.17) is 17.3 Å². The first-order chi connectivity index (χ1) is 4.98. The normalized spacial score (nSPS) is 13.5. The Labute approximate surface area is 72.1 Å². The molecule has 0 atom stereocenters. The molecule has 0 bridgehead atoms. The fraction of sp³-hybridized carbons (Fsp3) is 0.667. The molecule has 0 rings (SSSR count). The van der Waals surface area contributed by atoms with Crippen LogP contribution < -0.4 is 5.73 Å². The second-order valence-corrected chi connectivity index (χ2v) is 5.02. The topological polar surface area (TPSA) is 60.2 Å². The average Bonchev–Trinajstić information content (AvgIpc) is 1.84. The van der Waals surface area contributed by atoms with Crippen molar-refractivity contribution in [3.63, 3.8) is 0 Å². The summed E-state index contributed by atoms with van der Waals surface area (Å²) in [5.74, 6) is 0.00715. The lowest BCUT2D eigenvalue weighted by atomic mass is 10.6. The molecule has 0 aliphatic heterocycles. The monoisotopic (exact) mass is 197 g/mol.